The van der Waals surface area contributed by atoms with E-state index in [1.807, 2.05) is 0 Å². The fourth-order valence-corrected chi connectivity index (χ4v) is 2.45. The fourth-order valence-electron chi connectivity index (χ4n) is 2.45. The number of carbonyl (C=O) groups is 1. The molecule has 1 amide bonds. The quantitative estimate of drug-likeness (QED) is 0.865. The molecule has 23 heavy (non-hydrogen) atoms. The number of aromatic nitrogens is 2. The van der Waals surface area contributed by atoms with Gasteiger partial charge in [-0.05, 0) is 17.7 Å². The smallest absolute Gasteiger partial charge is 0.316 e. The molecule has 3 rings (SSSR count). The second-order valence-electron chi connectivity index (χ2n) is 5.36. The zero-order valence-corrected chi connectivity index (χ0v) is 12.3. The molecule has 0 aliphatic carbocycles. The van der Waals surface area contributed by atoms with E-state index in [0.29, 0.717) is 19.5 Å². The van der Waals surface area contributed by atoms with Gasteiger partial charge in [-0.2, -0.15) is 0 Å². The monoisotopic (exact) mass is 319 g/mol. The highest BCUT2D eigenvalue weighted by atomic mass is 19.1. The van der Waals surface area contributed by atoms with Crippen molar-refractivity contribution in [2.24, 2.45) is 0 Å². The molecule has 120 valence electrons. The van der Waals surface area contributed by atoms with Crippen molar-refractivity contribution >= 4 is 5.91 Å². The van der Waals surface area contributed by atoms with Crippen LogP contribution in [0.3, 0.4) is 0 Å². The van der Waals surface area contributed by atoms with Crippen molar-refractivity contribution in [3.8, 4) is 6.01 Å². The lowest BCUT2D eigenvalue weighted by Gasteiger charge is -2.16. The lowest BCUT2D eigenvalue weighted by Crippen LogP contribution is -2.32. The van der Waals surface area contributed by atoms with Gasteiger partial charge in [-0.3, -0.25) is 4.79 Å². The first kappa shape index (κ1) is 15.3. The fraction of sp³-hybridized carbons (Fsp3) is 0.312. The van der Waals surface area contributed by atoms with Crippen LogP contribution >= 0.6 is 0 Å². The number of ether oxygens (including phenoxy) is 1. The van der Waals surface area contributed by atoms with Crippen LogP contribution in [0.1, 0.15) is 12.0 Å². The van der Waals surface area contributed by atoms with Crippen molar-refractivity contribution < 1.29 is 18.3 Å². The minimum absolute atomic E-state index is 0.0391. The lowest BCUT2D eigenvalue weighted by atomic mass is 10.1. The molecule has 7 heteroatoms. The Labute approximate surface area is 131 Å². The molecule has 0 unspecified atom stereocenters. The Hall–Kier alpha value is -2.57. The van der Waals surface area contributed by atoms with Crippen molar-refractivity contribution in [3.63, 3.8) is 0 Å². The molecule has 0 N–H and O–H groups in total. The van der Waals surface area contributed by atoms with Gasteiger partial charge in [-0.25, -0.2) is 18.7 Å². The van der Waals surface area contributed by atoms with Crippen molar-refractivity contribution in [2.75, 3.05) is 13.1 Å². The van der Waals surface area contributed by atoms with E-state index in [2.05, 4.69) is 9.97 Å². The Morgan fingerprint density at radius 3 is 2.57 bits per heavy atom. The predicted molar refractivity (Wildman–Crippen MR) is 77.7 cm³/mol. The molecule has 0 bridgehead atoms. The molecular weight excluding hydrogens is 304 g/mol. The summed E-state index contributed by atoms with van der Waals surface area (Å²) in [6.07, 6.45) is 2.75. The number of nitrogens with zero attached hydrogens (tertiary/aromatic N) is 3. The summed E-state index contributed by atoms with van der Waals surface area (Å²) < 4.78 is 31.1. The van der Waals surface area contributed by atoms with Gasteiger partial charge in [0, 0.05) is 13.0 Å². The van der Waals surface area contributed by atoms with E-state index < -0.39 is 5.82 Å². The average molecular weight is 319 g/mol. The molecule has 1 atom stereocenters. The van der Waals surface area contributed by atoms with Gasteiger partial charge < -0.3 is 9.64 Å². The van der Waals surface area contributed by atoms with Crippen LogP contribution in [-0.2, 0) is 11.2 Å². The van der Waals surface area contributed by atoms with Crippen molar-refractivity contribution in [3.05, 3.63) is 53.9 Å². The lowest BCUT2D eigenvalue weighted by molar-refractivity contribution is -0.129. The summed E-state index contributed by atoms with van der Waals surface area (Å²) in [6.45, 7) is 1.01. The Kier molecular flexibility index (Phi) is 4.45. The van der Waals surface area contributed by atoms with Gasteiger partial charge in [-0.15, -0.1) is 0 Å². The van der Waals surface area contributed by atoms with Gasteiger partial charge in [-0.1, -0.05) is 12.1 Å². The minimum atomic E-state index is -0.528. The Morgan fingerprint density at radius 1 is 1.17 bits per heavy atom. The number of carbonyl (C=O) groups excluding carboxylic acids is 1. The van der Waals surface area contributed by atoms with Crippen molar-refractivity contribution in [2.45, 2.75) is 18.9 Å². The molecule has 1 aromatic heterocycles. The number of amides is 1. The van der Waals surface area contributed by atoms with E-state index in [0.717, 1.165) is 18.0 Å². The highest BCUT2D eigenvalue weighted by Crippen LogP contribution is 2.16. The third-order valence-corrected chi connectivity index (χ3v) is 3.64. The van der Waals surface area contributed by atoms with Crippen LogP contribution in [0.4, 0.5) is 8.78 Å². The highest BCUT2D eigenvalue weighted by Gasteiger charge is 2.28. The first-order chi connectivity index (χ1) is 11.1. The SMILES string of the molecule is O=C(Cc1ccc(F)cc1)N1CC[C@H](Oc2ncc(F)cn2)C1. The Balaban J connectivity index is 1.53. The van der Waals surface area contributed by atoms with Gasteiger partial charge in [0.25, 0.3) is 0 Å². The Morgan fingerprint density at radius 2 is 1.87 bits per heavy atom. The molecule has 0 radical (unpaired) electrons. The molecule has 2 heterocycles. The largest absolute Gasteiger partial charge is 0.458 e. The summed E-state index contributed by atoms with van der Waals surface area (Å²) in [4.78, 5) is 21.4. The average Bonchev–Trinajstić information content (AvgIpc) is 3.00. The van der Waals surface area contributed by atoms with Gasteiger partial charge >= 0.3 is 6.01 Å². The van der Waals surface area contributed by atoms with E-state index in [-0.39, 0.29) is 30.3 Å². The van der Waals surface area contributed by atoms with E-state index in [4.69, 9.17) is 4.74 Å². The first-order valence-electron chi connectivity index (χ1n) is 7.26. The number of halogens is 2. The molecule has 1 aliphatic rings. The molecule has 0 saturated carbocycles. The van der Waals surface area contributed by atoms with E-state index in [1.54, 1.807) is 17.0 Å². The molecule has 1 saturated heterocycles. The third-order valence-electron chi connectivity index (χ3n) is 3.64. The van der Waals surface area contributed by atoms with Gasteiger partial charge in [0.1, 0.15) is 11.9 Å². The number of likely N-dealkylation sites (tertiary alicyclic amines) is 1. The maximum atomic E-state index is 12.9. The van der Waals surface area contributed by atoms with Crippen LogP contribution in [0.15, 0.2) is 36.7 Å². The molecule has 1 aliphatic heterocycles. The molecule has 0 spiro atoms. The van der Waals surface area contributed by atoms with Crippen LogP contribution in [0.25, 0.3) is 0 Å². The predicted octanol–water partition coefficient (Wildman–Crippen LogP) is 1.98. The van der Waals surface area contributed by atoms with Crippen LogP contribution < -0.4 is 4.74 Å². The summed E-state index contributed by atoms with van der Waals surface area (Å²) in [5.41, 5.74) is 0.766. The molecule has 1 fully saturated rings. The zero-order valence-electron chi connectivity index (χ0n) is 12.3. The van der Waals surface area contributed by atoms with Crippen LogP contribution in [-0.4, -0.2) is 40.0 Å². The second-order valence-corrected chi connectivity index (χ2v) is 5.36. The maximum Gasteiger partial charge on any atom is 0.316 e. The summed E-state index contributed by atoms with van der Waals surface area (Å²) >= 11 is 0. The van der Waals surface area contributed by atoms with Crippen molar-refractivity contribution in [1.29, 1.82) is 0 Å². The van der Waals surface area contributed by atoms with E-state index in [9.17, 15) is 13.6 Å². The summed E-state index contributed by atoms with van der Waals surface area (Å²) in [7, 11) is 0. The Bertz CT molecular complexity index is 677. The standard InChI is InChI=1S/C16H15F2N3O2/c17-12-3-1-11(2-4-12)7-15(22)21-6-5-14(10-21)23-16-19-8-13(18)9-20-16/h1-4,8-9,14H,5-7,10H2/t14-/m0/s1. The highest BCUT2D eigenvalue weighted by molar-refractivity contribution is 5.79. The number of hydrogen-bond donors (Lipinski definition) is 0. The van der Waals surface area contributed by atoms with Gasteiger partial charge in [0.05, 0.1) is 25.4 Å². The van der Waals surface area contributed by atoms with Crippen molar-refractivity contribution in [1.82, 2.24) is 14.9 Å². The summed E-state index contributed by atoms with van der Waals surface area (Å²) in [5, 5.41) is 0. The number of hydrogen-bond acceptors (Lipinski definition) is 4. The molecule has 5 nitrogen and oxygen atoms in total. The van der Waals surface area contributed by atoms with Gasteiger partial charge in [0.15, 0.2) is 5.82 Å². The normalized spacial score (nSPS) is 17.3. The van der Waals surface area contributed by atoms with Crippen LogP contribution in [0.2, 0.25) is 0 Å². The summed E-state index contributed by atoms with van der Waals surface area (Å²) in [6, 6.07) is 5.98. The summed E-state index contributed by atoms with van der Waals surface area (Å²) in [5.74, 6) is -0.891. The van der Waals surface area contributed by atoms with Crippen LogP contribution in [0, 0.1) is 11.6 Å². The second kappa shape index (κ2) is 6.68. The van der Waals surface area contributed by atoms with Crippen LogP contribution in [0.5, 0.6) is 6.01 Å². The topological polar surface area (TPSA) is 55.3 Å². The van der Waals surface area contributed by atoms with E-state index in [1.165, 1.54) is 12.1 Å². The minimum Gasteiger partial charge on any atom is -0.458 e. The maximum absolute atomic E-state index is 12.9. The number of rotatable bonds is 4. The molecule has 1 aromatic carbocycles. The van der Waals surface area contributed by atoms with Gasteiger partial charge in [0.2, 0.25) is 5.91 Å². The number of benzene rings is 1. The van der Waals surface area contributed by atoms with E-state index >= 15 is 0 Å². The zero-order chi connectivity index (χ0) is 16.2. The first-order valence-corrected chi connectivity index (χ1v) is 7.26. The molecular formula is C16H15F2N3O2. The molecule has 2 aromatic rings. The third kappa shape index (κ3) is 4.00.